The normalized spacial score (nSPS) is 15.1. The van der Waals surface area contributed by atoms with Crippen LogP contribution in [0.2, 0.25) is 0 Å². The van der Waals surface area contributed by atoms with E-state index in [4.69, 9.17) is 17.0 Å². The first kappa shape index (κ1) is 25.1. The summed E-state index contributed by atoms with van der Waals surface area (Å²) >= 11 is 5.25. The molecule has 2 aromatic rings. The topological polar surface area (TPSA) is 87.7 Å². The van der Waals surface area contributed by atoms with Gasteiger partial charge in [0.15, 0.2) is 5.11 Å². The molecule has 2 aromatic carbocycles. The lowest BCUT2D eigenvalue weighted by Gasteiger charge is -2.29. The van der Waals surface area contributed by atoms with E-state index < -0.39 is 10.0 Å². The van der Waals surface area contributed by atoms with Crippen LogP contribution in [0.5, 0.6) is 5.75 Å². The van der Waals surface area contributed by atoms with E-state index in [1.165, 1.54) is 0 Å². The molecule has 0 aromatic heterocycles. The van der Waals surface area contributed by atoms with Crippen molar-refractivity contribution in [1.82, 2.24) is 9.62 Å². The Bertz CT molecular complexity index is 1060. The van der Waals surface area contributed by atoms with Gasteiger partial charge in [-0.2, -0.15) is 4.31 Å². The van der Waals surface area contributed by atoms with Crippen LogP contribution in [0.15, 0.2) is 53.4 Å². The molecule has 1 fully saturated rings. The van der Waals surface area contributed by atoms with Crippen molar-refractivity contribution in [3.8, 4) is 5.75 Å². The molecule has 1 amide bonds. The van der Waals surface area contributed by atoms with E-state index in [9.17, 15) is 13.2 Å². The van der Waals surface area contributed by atoms with Crippen LogP contribution >= 0.6 is 12.2 Å². The number of ether oxygens (including phenoxy) is 1. The third-order valence-electron chi connectivity index (χ3n) is 5.58. The van der Waals surface area contributed by atoms with Crippen molar-refractivity contribution in [1.29, 1.82) is 0 Å². The predicted molar refractivity (Wildman–Crippen MR) is 134 cm³/mol. The van der Waals surface area contributed by atoms with E-state index in [1.807, 2.05) is 6.07 Å². The first-order valence-electron chi connectivity index (χ1n) is 11.2. The van der Waals surface area contributed by atoms with Crippen molar-refractivity contribution in [3.05, 3.63) is 54.1 Å². The molecular formula is C24H31N3O4S2. The van der Waals surface area contributed by atoms with Gasteiger partial charge >= 0.3 is 0 Å². The average molecular weight is 490 g/mol. The number of nitrogens with one attached hydrogen (secondary N) is 2. The van der Waals surface area contributed by atoms with Gasteiger partial charge in [-0.3, -0.25) is 10.1 Å². The Morgan fingerprint density at radius 3 is 2.52 bits per heavy atom. The lowest BCUT2D eigenvalue weighted by Crippen LogP contribution is -2.37. The molecule has 33 heavy (non-hydrogen) atoms. The zero-order valence-electron chi connectivity index (χ0n) is 19.0. The van der Waals surface area contributed by atoms with Gasteiger partial charge in [0, 0.05) is 24.3 Å². The summed E-state index contributed by atoms with van der Waals surface area (Å²) in [5, 5.41) is 5.69. The molecule has 178 valence electrons. The molecule has 0 unspecified atom stereocenters. The molecule has 2 N–H and O–H groups in total. The summed E-state index contributed by atoms with van der Waals surface area (Å²) < 4.78 is 32.9. The van der Waals surface area contributed by atoms with E-state index in [1.54, 1.807) is 46.8 Å². The van der Waals surface area contributed by atoms with E-state index >= 15 is 0 Å². The summed E-state index contributed by atoms with van der Waals surface area (Å²) in [5.74, 6) is 0.831. The Morgan fingerprint density at radius 1 is 1.15 bits per heavy atom. The third-order valence-corrected chi connectivity index (χ3v) is 7.70. The molecule has 0 aliphatic carbocycles. The minimum Gasteiger partial charge on any atom is -0.494 e. The largest absolute Gasteiger partial charge is 0.494 e. The average Bonchev–Trinajstić information content (AvgIpc) is 2.80. The molecule has 3 rings (SSSR count). The van der Waals surface area contributed by atoms with Gasteiger partial charge < -0.3 is 10.1 Å². The van der Waals surface area contributed by atoms with Gasteiger partial charge in [-0.05, 0) is 79.9 Å². The number of piperidine rings is 1. The van der Waals surface area contributed by atoms with Crippen LogP contribution in [0.3, 0.4) is 0 Å². The second kappa shape index (κ2) is 11.6. The fourth-order valence-corrected chi connectivity index (χ4v) is 5.16. The van der Waals surface area contributed by atoms with Crippen LogP contribution in [-0.2, 0) is 10.0 Å². The number of carbonyl (C=O) groups excluding carboxylic acids is 1. The number of rotatable bonds is 8. The van der Waals surface area contributed by atoms with Crippen LogP contribution in [0.4, 0.5) is 5.69 Å². The van der Waals surface area contributed by atoms with Gasteiger partial charge in [0.25, 0.3) is 5.91 Å². The summed E-state index contributed by atoms with van der Waals surface area (Å²) in [6.07, 6.45) is 3.73. The van der Waals surface area contributed by atoms with E-state index in [0.29, 0.717) is 42.6 Å². The standard InChI is InChI=1S/C24H31N3O4S2/c1-3-4-16-31-21-7-5-6-19(17-21)23(28)26-24(32)25-20-8-10-22(11-9-20)33(29,30)27-14-12-18(2)13-15-27/h5-11,17-18H,3-4,12-16H2,1-2H3,(H2,25,26,28,32). The van der Waals surface area contributed by atoms with E-state index in [-0.39, 0.29) is 15.9 Å². The molecule has 0 atom stereocenters. The number of thiocarbonyl (C=S) groups is 1. The number of unbranched alkanes of at least 4 members (excludes halogenated alkanes) is 1. The Hall–Kier alpha value is -2.49. The predicted octanol–water partition coefficient (Wildman–Crippen LogP) is 4.41. The molecular weight excluding hydrogens is 458 g/mol. The lowest BCUT2D eigenvalue weighted by atomic mass is 10.0. The number of amides is 1. The molecule has 1 aliphatic rings. The van der Waals surface area contributed by atoms with Crippen molar-refractivity contribution < 1.29 is 17.9 Å². The van der Waals surface area contributed by atoms with Gasteiger partial charge in [-0.1, -0.05) is 26.3 Å². The number of benzene rings is 2. The first-order valence-corrected chi connectivity index (χ1v) is 13.1. The molecule has 7 nitrogen and oxygen atoms in total. The summed E-state index contributed by atoms with van der Waals surface area (Å²) in [5.41, 5.74) is 1.02. The van der Waals surface area contributed by atoms with Gasteiger partial charge in [0.05, 0.1) is 11.5 Å². The number of hydrogen-bond acceptors (Lipinski definition) is 5. The van der Waals surface area contributed by atoms with Crippen LogP contribution < -0.4 is 15.4 Å². The Kier molecular flexibility index (Phi) is 8.82. The van der Waals surface area contributed by atoms with Crippen LogP contribution in [0.25, 0.3) is 0 Å². The minimum atomic E-state index is -3.51. The van der Waals surface area contributed by atoms with Crippen LogP contribution in [-0.4, -0.2) is 43.4 Å². The summed E-state index contributed by atoms with van der Waals surface area (Å²) in [6.45, 7) is 5.92. The maximum atomic E-state index is 12.9. The molecule has 1 heterocycles. The molecule has 0 bridgehead atoms. The SMILES string of the molecule is CCCCOc1cccc(C(=O)NC(=S)Nc2ccc(S(=O)(=O)N3CCC(C)CC3)cc2)c1. The van der Waals surface area contributed by atoms with Crippen molar-refractivity contribution in [2.45, 2.75) is 44.4 Å². The van der Waals surface area contributed by atoms with Gasteiger partial charge in [-0.15, -0.1) is 0 Å². The number of hydrogen-bond donors (Lipinski definition) is 2. The van der Waals surface area contributed by atoms with Gasteiger partial charge in [0.1, 0.15) is 5.75 Å². The highest BCUT2D eigenvalue weighted by Crippen LogP contribution is 2.24. The van der Waals surface area contributed by atoms with Crippen LogP contribution in [0, 0.1) is 5.92 Å². The molecule has 0 radical (unpaired) electrons. The highest BCUT2D eigenvalue weighted by atomic mass is 32.2. The van der Waals surface area contributed by atoms with Crippen molar-refractivity contribution in [2.24, 2.45) is 5.92 Å². The lowest BCUT2D eigenvalue weighted by molar-refractivity contribution is 0.0977. The fourth-order valence-electron chi connectivity index (χ4n) is 3.48. The monoisotopic (exact) mass is 489 g/mol. The van der Waals surface area contributed by atoms with Crippen LogP contribution in [0.1, 0.15) is 49.9 Å². The highest BCUT2D eigenvalue weighted by Gasteiger charge is 2.27. The number of anilines is 1. The second-order valence-electron chi connectivity index (χ2n) is 8.25. The summed E-state index contributed by atoms with van der Waals surface area (Å²) in [7, 11) is -3.51. The molecule has 1 aliphatic heterocycles. The Balaban J connectivity index is 1.56. The Labute approximate surface area is 201 Å². The van der Waals surface area contributed by atoms with E-state index in [0.717, 1.165) is 25.7 Å². The van der Waals surface area contributed by atoms with Crippen molar-refractivity contribution >= 4 is 38.9 Å². The highest BCUT2D eigenvalue weighted by molar-refractivity contribution is 7.89. The molecule has 0 saturated carbocycles. The number of nitrogens with zero attached hydrogens (tertiary/aromatic N) is 1. The van der Waals surface area contributed by atoms with E-state index in [2.05, 4.69) is 24.5 Å². The van der Waals surface area contributed by atoms with Crippen molar-refractivity contribution in [2.75, 3.05) is 25.0 Å². The molecule has 0 spiro atoms. The van der Waals surface area contributed by atoms with Gasteiger partial charge in [-0.25, -0.2) is 8.42 Å². The summed E-state index contributed by atoms with van der Waals surface area (Å²) in [6, 6.07) is 13.3. The summed E-state index contributed by atoms with van der Waals surface area (Å²) in [4.78, 5) is 12.8. The Morgan fingerprint density at radius 2 is 1.85 bits per heavy atom. The first-order chi connectivity index (χ1) is 15.8. The van der Waals surface area contributed by atoms with Gasteiger partial charge in [0.2, 0.25) is 10.0 Å². The maximum Gasteiger partial charge on any atom is 0.257 e. The third kappa shape index (κ3) is 6.99. The quantitative estimate of drug-likeness (QED) is 0.422. The minimum absolute atomic E-state index is 0.123. The smallest absolute Gasteiger partial charge is 0.257 e. The fraction of sp³-hybridized carbons (Fsp3) is 0.417. The molecule has 1 saturated heterocycles. The maximum absolute atomic E-state index is 12.9. The zero-order chi connectivity index (χ0) is 23.8. The second-order valence-corrected chi connectivity index (χ2v) is 10.6. The van der Waals surface area contributed by atoms with Crippen molar-refractivity contribution in [3.63, 3.8) is 0 Å². The molecule has 9 heteroatoms. The number of carbonyl (C=O) groups is 1. The zero-order valence-corrected chi connectivity index (χ0v) is 20.7. The number of sulfonamides is 1.